The monoisotopic (exact) mass is 292 g/mol. The molecule has 0 heteroatoms. The Morgan fingerprint density at radius 1 is 0.682 bits per heavy atom. The zero-order valence-electron chi connectivity index (χ0n) is 14.6. The summed E-state index contributed by atoms with van der Waals surface area (Å²) in [7, 11) is 0. The van der Waals surface area contributed by atoms with Crippen LogP contribution in [0.25, 0.3) is 10.8 Å². The van der Waals surface area contributed by atoms with Crippen molar-refractivity contribution in [2.45, 2.75) is 41.0 Å². The van der Waals surface area contributed by atoms with E-state index in [0.717, 1.165) is 6.42 Å². The highest BCUT2D eigenvalue weighted by molar-refractivity contribution is 5.86. The van der Waals surface area contributed by atoms with Gasteiger partial charge in [0.05, 0.1) is 0 Å². The molecule has 0 saturated heterocycles. The van der Waals surface area contributed by atoms with Gasteiger partial charge in [-0.2, -0.15) is 0 Å². The zero-order chi connectivity index (χ0) is 16.4. The molecule has 0 fully saturated rings. The van der Waals surface area contributed by atoms with E-state index >= 15 is 0 Å². The first-order valence-corrected chi connectivity index (χ1v) is 8.20. The number of fused-ring (bicyclic) bond motifs is 1. The van der Waals surface area contributed by atoms with Crippen molar-refractivity contribution in [3.63, 3.8) is 0 Å². The van der Waals surface area contributed by atoms with Gasteiger partial charge in [-0.25, -0.2) is 0 Å². The second kappa shape index (κ2) is 9.78. The fraction of sp³-hybridized carbons (Fsp3) is 0.273. The average molecular weight is 292 g/mol. The minimum absolute atomic E-state index is 1.11. The van der Waals surface area contributed by atoms with Gasteiger partial charge in [-0.05, 0) is 36.6 Å². The van der Waals surface area contributed by atoms with Gasteiger partial charge < -0.3 is 0 Å². The SMILES string of the molecule is CC.CCc1cccc2ccc(C)cc12.Cc1ccccc1. The second-order valence-electron chi connectivity index (χ2n) is 5.15. The highest BCUT2D eigenvalue weighted by atomic mass is 14.0. The molecule has 3 rings (SSSR count). The molecule has 116 valence electrons. The number of hydrogen-bond donors (Lipinski definition) is 0. The molecule has 0 aliphatic heterocycles. The van der Waals surface area contributed by atoms with E-state index in [-0.39, 0.29) is 0 Å². The van der Waals surface area contributed by atoms with Crippen LogP contribution in [0.2, 0.25) is 0 Å². The third-order valence-corrected chi connectivity index (χ3v) is 3.45. The first-order chi connectivity index (χ1) is 10.7. The normalized spacial score (nSPS) is 9.32. The molecule has 0 nitrogen and oxygen atoms in total. The average Bonchev–Trinajstić information content (AvgIpc) is 2.57. The number of benzene rings is 3. The van der Waals surface area contributed by atoms with E-state index in [4.69, 9.17) is 0 Å². The van der Waals surface area contributed by atoms with Crippen molar-refractivity contribution in [2.24, 2.45) is 0 Å². The summed E-state index contributed by atoms with van der Waals surface area (Å²) in [5, 5.41) is 2.76. The first kappa shape index (κ1) is 18.0. The molecular weight excluding hydrogens is 264 g/mol. The first-order valence-electron chi connectivity index (χ1n) is 8.20. The minimum Gasteiger partial charge on any atom is -0.0683 e. The fourth-order valence-electron chi connectivity index (χ4n) is 2.29. The van der Waals surface area contributed by atoms with E-state index in [0.29, 0.717) is 0 Å². The van der Waals surface area contributed by atoms with Crippen molar-refractivity contribution in [1.82, 2.24) is 0 Å². The van der Waals surface area contributed by atoms with Crippen molar-refractivity contribution in [3.8, 4) is 0 Å². The summed E-state index contributed by atoms with van der Waals surface area (Å²) in [6, 6.07) is 23.4. The van der Waals surface area contributed by atoms with Gasteiger partial charge in [0, 0.05) is 0 Å². The van der Waals surface area contributed by atoms with Crippen LogP contribution >= 0.6 is 0 Å². The van der Waals surface area contributed by atoms with Gasteiger partial charge in [0.1, 0.15) is 0 Å². The van der Waals surface area contributed by atoms with Crippen molar-refractivity contribution < 1.29 is 0 Å². The van der Waals surface area contributed by atoms with Crippen LogP contribution in [0.5, 0.6) is 0 Å². The van der Waals surface area contributed by atoms with E-state index in [2.05, 4.69) is 69.3 Å². The predicted octanol–water partition coefficient (Wildman–Crippen LogP) is 6.73. The zero-order valence-corrected chi connectivity index (χ0v) is 14.6. The van der Waals surface area contributed by atoms with Crippen LogP contribution in [0.4, 0.5) is 0 Å². The summed E-state index contributed by atoms with van der Waals surface area (Å²) >= 11 is 0. The smallest absolute Gasteiger partial charge is 0.0149 e. The van der Waals surface area contributed by atoms with Crippen molar-refractivity contribution in [3.05, 3.63) is 83.4 Å². The van der Waals surface area contributed by atoms with Gasteiger partial charge in [-0.1, -0.05) is 98.6 Å². The molecule has 0 radical (unpaired) electrons. The summed E-state index contributed by atoms with van der Waals surface area (Å²) in [4.78, 5) is 0. The molecule has 0 saturated carbocycles. The van der Waals surface area contributed by atoms with E-state index in [9.17, 15) is 0 Å². The summed E-state index contributed by atoms with van der Waals surface area (Å²) in [5.41, 5.74) is 4.11. The van der Waals surface area contributed by atoms with E-state index < -0.39 is 0 Å². The third kappa shape index (κ3) is 5.37. The lowest BCUT2D eigenvalue weighted by Crippen LogP contribution is -1.83. The van der Waals surface area contributed by atoms with E-state index in [1.807, 2.05) is 32.0 Å². The van der Waals surface area contributed by atoms with Crippen LogP contribution in [0.3, 0.4) is 0 Å². The van der Waals surface area contributed by atoms with E-state index in [1.54, 1.807) is 0 Å². The maximum atomic E-state index is 2.27. The molecule has 0 N–H and O–H groups in total. The Bertz CT molecular complexity index is 666. The Morgan fingerprint density at radius 2 is 1.36 bits per heavy atom. The Hall–Kier alpha value is -2.08. The molecule has 0 aliphatic rings. The summed E-state index contributed by atoms with van der Waals surface area (Å²) in [6.45, 7) is 10.4. The fourth-order valence-corrected chi connectivity index (χ4v) is 2.29. The Morgan fingerprint density at radius 3 is 1.91 bits per heavy atom. The Balaban J connectivity index is 0.000000228. The molecule has 3 aromatic carbocycles. The van der Waals surface area contributed by atoms with Gasteiger partial charge >= 0.3 is 0 Å². The quantitative estimate of drug-likeness (QED) is 0.466. The van der Waals surface area contributed by atoms with E-state index in [1.165, 1.54) is 27.5 Å². The molecule has 0 unspecified atom stereocenters. The number of hydrogen-bond acceptors (Lipinski definition) is 0. The van der Waals surface area contributed by atoms with Crippen molar-refractivity contribution >= 4 is 10.8 Å². The summed E-state index contributed by atoms with van der Waals surface area (Å²) < 4.78 is 0. The van der Waals surface area contributed by atoms with Crippen LogP contribution in [0.15, 0.2) is 66.7 Å². The molecule has 0 aromatic heterocycles. The Kier molecular flexibility index (Phi) is 7.99. The second-order valence-corrected chi connectivity index (χ2v) is 5.15. The van der Waals surface area contributed by atoms with Crippen LogP contribution in [0.1, 0.15) is 37.5 Å². The van der Waals surface area contributed by atoms with Gasteiger partial charge in [0.25, 0.3) is 0 Å². The summed E-state index contributed by atoms with van der Waals surface area (Å²) in [5.74, 6) is 0. The number of aryl methyl sites for hydroxylation is 3. The molecular formula is C22H28. The number of rotatable bonds is 1. The molecule has 0 atom stereocenters. The lowest BCUT2D eigenvalue weighted by atomic mass is 10.0. The summed E-state index contributed by atoms with van der Waals surface area (Å²) in [6.07, 6.45) is 1.11. The van der Waals surface area contributed by atoms with Crippen LogP contribution in [-0.4, -0.2) is 0 Å². The van der Waals surface area contributed by atoms with Gasteiger partial charge in [-0.3, -0.25) is 0 Å². The molecule has 0 aliphatic carbocycles. The van der Waals surface area contributed by atoms with Crippen LogP contribution in [-0.2, 0) is 6.42 Å². The maximum Gasteiger partial charge on any atom is -0.0149 e. The highest BCUT2D eigenvalue weighted by Crippen LogP contribution is 2.20. The minimum atomic E-state index is 1.11. The van der Waals surface area contributed by atoms with Gasteiger partial charge in [0.2, 0.25) is 0 Å². The molecule has 0 spiro atoms. The lowest BCUT2D eigenvalue weighted by molar-refractivity contribution is 1.16. The van der Waals surface area contributed by atoms with Crippen LogP contribution < -0.4 is 0 Å². The topological polar surface area (TPSA) is 0 Å². The third-order valence-electron chi connectivity index (χ3n) is 3.45. The molecule has 0 heterocycles. The van der Waals surface area contributed by atoms with Gasteiger partial charge in [-0.15, -0.1) is 0 Å². The van der Waals surface area contributed by atoms with Crippen molar-refractivity contribution in [1.29, 1.82) is 0 Å². The van der Waals surface area contributed by atoms with Gasteiger partial charge in [0.15, 0.2) is 0 Å². The van der Waals surface area contributed by atoms with Crippen molar-refractivity contribution in [2.75, 3.05) is 0 Å². The predicted molar refractivity (Wildman–Crippen MR) is 101 cm³/mol. The lowest BCUT2D eigenvalue weighted by Gasteiger charge is -2.04. The maximum absolute atomic E-state index is 2.27. The molecule has 0 bridgehead atoms. The standard InChI is InChI=1S/C13H14.C7H8.C2H6/c1-3-11-5-4-6-12-8-7-10(2)9-13(11)12;1-7-5-3-2-4-6-7;1-2/h4-9H,3H2,1-2H3;2-6H,1H3;1-2H3. The Labute approximate surface area is 135 Å². The largest absolute Gasteiger partial charge is 0.0683 e. The highest BCUT2D eigenvalue weighted by Gasteiger charge is 1.97. The molecule has 3 aromatic rings. The van der Waals surface area contributed by atoms with Crippen LogP contribution in [0, 0.1) is 13.8 Å². The molecule has 0 amide bonds. The molecule has 22 heavy (non-hydrogen) atoms.